The van der Waals surface area contributed by atoms with E-state index in [1.54, 1.807) is 0 Å². The molecule has 0 saturated heterocycles. The predicted molar refractivity (Wildman–Crippen MR) is 97.6 cm³/mol. The molecule has 2 heterocycles. The summed E-state index contributed by atoms with van der Waals surface area (Å²) < 4.78 is 10.8. The fourth-order valence-electron chi connectivity index (χ4n) is 6.56. The molecule has 1 aromatic heterocycles. The van der Waals surface area contributed by atoms with Gasteiger partial charge in [-0.15, -0.1) is 10.2 Å². The molecule has 1 amide bonds. The molecule has 4 bridgehead atoms. The third-order valence-corrected chi connectivity index (χ3v) is 7.01. The Labute approximate surface area is 162 Å². The first-order valence-corrected chi connectivity index (χ1v) is 10.0. The third-order valence-electron chi connectivity index (χ3n) is 7.01. The molecule has 1 aromatic carbocycles. The lowest BCUT2D eigenvalue weighted by atomic mass is 9.50. The van der Waals surface area contributed by atoms with Crippen LogP contribution in [0.2, 0.25) is 0 Å². The first-order chi connectivity index (χ1) is 13.6. The topological polar surface area (TPSA) is 91.2 Å². The smallest absolute Gasteiger partial charge is 0.231 e. The van der Waals surface area contributed by atoms with Crippen molar-refractivity contribution in [3.05, 3.63) is 30.1 Å². The standard InChI is InChI=1S/C20H23N5O3/c26-18(5-13-1-2-16-17(4-13)28-12-27-16)23-19-6-14-3-15(7-19)9-20(8-14,10-19)25-22-11-21-24-25/h1-2,4,11,14-15H,3,5-10,12H2,(H,23,26). The van der Waals surface area contributed by atoms with E-state index in [9.17, 15) is 4.79 Å². The number of benzene rings is 1. The lowest BCUT2D eigenvalue weighted by molar-refractivity contribution is -0.130. The number of aromatic nitrogens is 4. The van der Waals surface area contributed by atoms with Gasteiger partial charge < -0.3 is 14.8 Å². The van der Waals surface area contributed by atoms with Crippen molar-refractivity contribution < 1.29 is 14.3 Å². The largest absolute Gasteiger partial charge is 0.454 e. The number of nitrogens with one attached hydrogen (secondary N) is 1. The van der Waals surface area contributed by atoms with Gasteiger partial charge in [-0.3, -0.25) is 4.79 Å². The Balaban J connectivity index is 1.22. The summed E-state index contributed by atoms with van der Waals surface area (Å²) in [4.78, 5) is 14.8. The lowest BCUT2D eigenvalue weighted by Crippen LogP contribution is -2.66. The van der Waals surface area contributed by atoms with E-state index in [1.165, 1.54) is 12.7 Å². The van der Waals surface area contributed by atoms with E-state index in [0.717, 1.165) is 49.2 Å². The summed E-state index contributed by atoms with van der Waals surface area (Å²) in [7, 11) is 0. The van der Waals surface area contributed by atoms with E-state index in [4.69, 9.17) is 9.47 Å². The highest BCUT2D eigenvalue weighted by molar-refractivity contribution is 5.79. The van der Waals surface area contributed by atoms with Crippen LogP contribution < -0.4 is 14.8 Å². The van der Waals surface area contributed by atoms with Crippen LogP contribution in [0.25, 0.3) is 0 Å². The van der Waals surface area contributed by atoms with Crippen molar-refractivity contribution >= 4 is 5.91 Å². The molecule has 0 radical (unpaired) electrons. The Kier molecular flexibility index (Phi) is 3.31. The summed E-state index contributed by atoms with van der Waals surface area (Å²) in [6.07, 6.45) is 8.34. The van der Waals surface area contributed by atoms with E-state index in [-0.39, 0.29) is 23.8 Å². The number of carbonyl (C=O) groups excluding carboxylic acids is 1. The van der Waals surface area contributed by atoms with Crippen LogP contribution >= 0.6 is 0 Å². The van der Waals surface area contributed by atoms with E-state index in [0.29, 0.717) is 18.3 Å². The minimum atomic E-state index is -0.148. The van der Waals surface area contributed by atoms with Crippen molar-refractivity contribution in [1.29, 1.82) is 0 Å². The number of hydrogen-bond acceptors (Lipinski definition) is 6. The summed E-state index contributed by atoms with van der Waals surface area (Å²) in [6.45, 7) is 0.245. The molecule has 2 atom stereocenters. The molecule has 8 nitrogen and oxygen atoms in total. The highest BCUT2D eigenvalue weighted by atomic mass is 16.7. The van der Waals surface area contributed by atoms with Crippen LogP contribution in [-0.2, 0) is 16.8 Å². The average molecular weight is 381 g/mol. The third kappa shape index (κ3) is 2.50. The van der Waals surface area contributed by atoms with Crippen molar-refractivity contribution in [2.45, 2.75) is 56.0 Å². The maximum Gasteiger partial charge on any atom is 0.231 e. The van der Waals surface area contributed by atoms with E-state index in [1.807, 2.05) is 23.0 Å². The molecular formula is C20H23N5O3. The van der Waals surface area contributed by atoms with Gasteiger partial charge in [0, 0.05) is 5.54 Å². The number of amides is 1. The van der Waals surface area contributed by atoms with Gasteiger partial charge in [0.2, 0.25) is 12.7 Å². The summed E-state index contributed by atoms with van der Waals surface area (Å²) in [5.41, 5.74) is 0.705. The Morgan fingerprint density at radius 3 is 2.79 bits per heavy atom. The van der Waals surface area contributed by atoms with Gasteiger partial charge in [0.25, 0.3) is 0 Å². The van der Waals surface area contributed by atoms with Crippen LogP contribution in [0.5, 0.6) is 11.5 Å². The fourth-order valence-corrected chi connectivity index (χ4v) is 6.56. The zero-order valence-electron chi connectivity index (χ0n) is 15.6. The molecule has 8 heteroatoms. The highest BCUT2D eigenvalue weighted by Gasteiger charge is 2.60. The molecule has 1 aliphatic heterocycles. The molecule has 1 N–H and O–H groups in total. The number of fused-ring (bicyclic) bond motifs is 1. The Morgan fingerprint density at radius 2 is 2.00 bits per heavy atom. The van der Waals surface area contributed by atoms with Gasteiger partial charge in [0.1, 0.15) is 0 Å². The fraction of sp³-hybridized carbons (Fsp3) is 0.600. The van der Waals surface area contributed by atoms with Crippen LogP contribution in [0.4, 0.5) is 0 Å². The Hall–Kier alpha value is -2.64. The summed E-state index contributed by atoms with van der Waals surface area (Å²) in [5.74, 6) is 2.78. The van der Waals surface area contributed by atoms with E-state index >= 15 is 0 Å². The molecule has 2 unspecified atom stereocenters. The van der Waals surface area contributed by atoms with Crippen molar-refractivity contribution in [2.24, 2.45) is 11.8 Å². The second-order valence-corrected chi connectivity index (χ2v) is 9.10. The molecule has 5 aliphatic rings. The van der Waals surface area contributed by atoms with Crippen molar-refractivity contribution in [3.63, 3.8) is 0 Å². The number of nitrogens with zero attached hydrogens (tertiary/aromatic N) is 4. The highest BCUT2D eigenvalue weighted by Crippen LogP contribution is 2.60. The Morgan fingerprint density at radius 1 is 1.18 bits per heavy atom. The number of rotatable bonds is 4. The molecule has 7 rings (SSSR count). The molecular weight excluding hydrogens is 358 g/mol. The number of carbonyl (C=O) groups is 1. The average Bonchev–Trinajstić information content (AvgIpc) is 3.32. The maximum atomic E-state index is 13.0. The van der Waals surface area contributed by atoms with Gasteiger partial charge in [0.05, 0.1) is 12.0 Å². The molecule has 146 valence electrons. The first kappa shape index (κ1) is 16.3. The maximum absolute atomic E-state index is 13.0. The normalized spacial score (nSPS) is 34.6. The van der Waals surface area contributed by atoms with Gasteiger partial charge in [-0.05, 0) is 73.3 Å². The zero-order valence-corrected chi connectivity index (χ0v) is 15.6. The van der Waals surface area contributed by atoms with Crippen LogP contribution in [0, 0.1) is 11.8 Å². The second kappa shape index (κ2) is 5.68. The van der Waals surface area contributed by atoms with Gasteiger partial charge in [-0.2, -0.15) is 4.80 Å². The van der Waals surface area contributed by atoms with Gasteiger partial charge >= 0.3 is 0 Å². The monoisotopic (exact) mass is 381 g/mol. The molecule has 4 fully saturated rings. The van der Waals surface area contributed by atoms with E-state index in [2.05, 4.69) is 20.7 Å². The quantitative estimate of drug-likeness (QED) is 0.869. The molecule has 0 spiro atoms. The van der Waals surface area contributed by atoms with Crippen molar-refractivity contribution in [1.82, 2.24) is 25.5 Å². The molecule has 4 aliphatic carbocycles. The summed E-state index contributed by atoms with van der Waals surface area (Å²) in [5, 5.41) is 16.0. The van der Waals surface area contributed by atoms with E-state index < -0.39 is 0 Å². The molecule has 2 aromatic rings. The minimum Gasteiger partial charge on any atom is -0.454 e. The number of tetrazole rings is 1. The molecule has 28 heavy (non-hydrogen) atoms. The van der Waals surface area contributed by atoms with Crippen molar-refractivity contribution in [3.8, 4) is 11.5 Å². The molecule has 4 saturated carbocycles. The minimum absolute atomic E-state index is 0.0718. The van der Waals surface area contributed by atoms with Crippen LogP contribution in [-0.4, -0.2) is 38.4 Å². The first-order valence-electron chi connectivity index (χ1n) is 10.0. The van der Waals surface area contributed by atoms with Gasteiger partial charge in [-0.1, -0.05) is 6.07 Å². The van der Waals surface area contributed by atoms with Gasteiger partial charge in [-0.25, -0.2) is 0 Å². The van der Waals surface area contributed by atoms with Crippen molar-refractivity contribution in [2.75, 3.05) is 6.79 Å². The number of hydrogen-bond donors (Lipinski definition) is 1. The predicted octanol–water partition coefficient (Wildman–Crippen LogP) is 1.81. The van der Waals surface area contributed by atoms with Crippen LogP contribution in [0.15, 0.2) is 24.5 Å². The van der Waals surface area contributed by atoms with Gasteiger partial charge in [0.15, 0.2) is 17.8 Å². The van der Waals surface area contributed by atoms with Crippen LogP contribution in [0.1, 0.15) is 44.1 Å². The van der Waals surface area contributed by atoms with Crippen LogP contribution in [0.3, 0.4) is 0 Å². The second-order valence-electron chi connectivity index (χ2n) is 9.10. The summed E-state index contributed by atoms with van der Waals surface area (Å²) >= 11 is 0. The zero-order chi connectivity index (χ0) is 18.8. The Bertz CT molecular complexity index is 914. The SMILES string of the molecule is O=C(Cc1ccc2c(c1)OCO2)NC12CC3CC(C1)CC(n1ncnn1)(C3)C2. The lowest BCUT2D eigenvalue weighted by Gasteiger charge is -2.61. The number of ether oxygens (including phenoxy) is 2. The summed E-state index contributed by atoms with van der Waals surface area (Å²) in [6, 6.07) is 5.72.